The van der Waals surface area contributed by atoms with Gasteiger partial charge in [-0.05, 0) is 24.3 Å². The Kier molecular flexibility index (Phi) is 6.08. The number of amides is 2. The fraction of sp³-hybridized carbons (Fsp3) is 0.0435. The lowest BCUT2D eigenvalue weighted by atomic mass is 10.0. The summed E-state index contributed by atoms with van der Waals surface area (Å²) in [5, 5.41) is 13.9. The minimum atomic E-state index is -1.21. The van der Waals surface area contributed by atoms with Gasteiger partial charge in [-0.25, -0.2) is 10.5 Å². The van der Waals surface area contributed by atoms with Crippen molar-refractivity contribution in [2.75, 3.05) is 0 Å². The molecule has 0 aliphatic rings. The zero-order valence-corrected chi connectivity index (χ0v) is 16.7. The normalized spacial score (nSPS) is 11.9. The maximum atomic E-state index is 13.0. The van der Waals surface area contributed by atoms with E-state index in [1.54, 1.807) is 79.1 Å². The molecule has 9 nitrogen and oxygen atoms in total. The number of aromatic amines is 1. The van der Waals surface area contributed by atoms with Gasteiger partial charge in [0.2, 0.25) is 0 Å². The van der Waals surface area contributed by atoms with Gasteiger partial charge in [0.05, 0.1) is 11.6 Å². The van der Waals surface area contributed by atoms with E-state index in [9.17, 15) is 14.4 Å². The minimum absolute atomic E-state index is 0.193. The monoisotopic (exact) mass is 426 g/mol. The highest BCUT2D eigenvalue weighted by Crippen LogP contribution is 2.20. The molecule has 2 aromatic heterocycles. The molecular weight excluding hydrogens is 408 g/mol. The number of nitrogens with zero attached hydrogens (tertiary/aromatic N) is 3. The van der Waals surface area contributed by atoms with Crippen LogP contribution in [0.4, 0.5) is 0 Å². The predicted molar refractivity (Wildman–Crippen MR) is 119 cm³/mol. The first-order valence-electron chi connectivity index (χ1n) is 9.69. The summed E-state index contributed by atoms with van der Waals surface area (Å²) in [5.41, 5.74) is 3.28. The Morgan fingerprint density at radius 3 is 2.47 bits per heavy atom. The van der Waals surface area contributed by atoms with Crippen LogP contribution in [0.25, 0.3) is 10.8 Å². The Bertz CT molecular complexity index is 1340. The van der Waals surface area contributed by atoms with E-state index in [-0.39, 0.29) is 5.69 Å². The van der Waals surface area contributed by atoms with Gasteiger partial charge < -0.3 is 5.32 Å². The van der Waals surface area contributed by atoms with Gasteiger partial charge in [0, 0.05) is 28.9 Å². The molecule has 0 saturated carbocycles. The van der Waals surface area contributed by atoms with Crippen LogP contribution in [-0.2, 0) is 4.79 Å². The Balaban J connectivity index is 1.68. The molecule has 3 N–H and O–H groups in total. The van der Waals surface area contributed by atoms with Crippen molar-refractivity contribution in [1.82, 2.24) is 25.9 Å². The molecule has 0 unspecified atom stereocenters. The first-order chi connectivity index (χ1) is 15.6. The molecule has 32 heavy (non-hydrogen) atoms. The fourth-order valence-electron chi connectivity index (χ4n) is 3.11. The SMILES string of the molecule is O=C(N[C@H](C(=O)N/N=C/c1cccnc1)c1n[nH]c(=O)c2ccccc12)c1ccccc1. The number of nitrogens with one attached hydrogen (secondary N) is 3. The van der Waals surface area contributed by atoms with Crippen molar-refractivity contribution < 1.29 is 9.59 Å². The number of hydrazone groups is 1. The third kappa shape index (κ3) is 4.57. The summed E-state index contributed by atoms with van der Waals surface area (Å²) in [5.74, 6) is -1.10. The van der Waals surface area contributed by atoms with Gasteiger partial charge in [-0.2, -0.15) is 10.2 Å². The fourth-order valence-corrected chi connectivity index (χ4v) is 3.11. The van der Waals surface area contributed by atoms with Crippen LogP contribution in [0.15, 0.2) is 89.0 Å². The molecule has 2 amide bonds. The van der Waals surface area contributed by atoms with E-state index >= 15 is 0 Å². The lowest BCUT2D eigenvalue weighted by molar-refractivity contribution is -0.123. The Labute approximate surface area is 182 Å². The number of hydrogen-bond donors (Lipinski definition) is 3. The summed E-state index contributed by atoms with van der Waals surface area (Å²) in [6, 6.07) is 17.5. The summed E-state index contributed by atoms with van der Waals surface area (Å²) < 4.78 is 0. The molecule has 2 heterocycles. The first-order valence-corrected chi connectivity index (χ1v) is 9.69. The second-order valence-electron chi connectivity index (χ2n) is 6.78. The molecule has 0 bridgehead atoms. The van der Waals surface area contributed by atoms with Gasteiger partial charge >= 0.3 is 0 Å². The molecule has 0 aliphatic heterocycles. The highest BCUT2D eigenvalue weighted by atomic mass is 16.2. The van der Waals surface area contributed by atoms with E-state index in [1.165, 1.54) is 6.21 Å². The van der Waals surface area contributed by atoms with E-state index in [2.05, 4.69) is 31.0 Å². The molecule has 1 atom stereocenters. The lowest BCUT2D eigenvalue weighted by Crippen LogP contribution is -2.40. The molecular formula is C23H18N6O3. The minimum Gasteiger partial charge on any atom is -0.335 e. The summed E-state index contributed by atoms with van der Waals surface area (Å²) in [6.45, 7) is 0. The van der Waals surface area contributed by atoms with E-state index in [0.29, 0.717) is 21.9 Å². The lowest BCUT2D eigenvalue weighted by Gasteiger charge is -2.18. The van der Waals surface area contributed by atoms with E-state index < -0.39 is 23.4 Å². The summed E-state index contributed by atoms with van der Waals surface area (Å²) in [6.07, 6.45) is 4.64. The van der Waals surface area contributed by atoms with Crippen LogP contribution in [0, 0.1) is 0 Å². The van der Waals surface area contributed by atoms with Crippen LogP contribution in [0.5, 0.6) is 0 Å². The molecule has 0 radical (unpaired) electrons. The molecule has 158 valence electrons. The van der Waals surface area contributed by atoms with Gasteiger partial charge in [-0.3, -0.25) is 19.4 Å². The molecule has 4 aromatic rings. The van der Waals surface area contributed by atoms with Crippen LogP contribution in [0.2, 0.25) is 0 Å². The summed E-state index contributed by atoms with van der Waals surface area (Å²) in [4.78, 5) is 42.0. The van der Waals surface area contributed by atoms with Crippen LogP contribution < -0.4 is 16.3 Å². The van der Waals surface area contributed by atoms with E-state index in [1.807, 2.05) is 0 Å². The van der Waals surface area contributed by atoms with Crippen molar-refractivity contribution in [2.45, 2.75) is 6.04 Å². The van der Waals surface area contributed by atoms with Crippen molar-refractivity contribution in [3.8, 4) is 0 Å². The second-order valence-corrected chi connectivity index (χ2v) is 6.78. The zero-order chi connectivity index (χ0) is 22.3. The predicted octanol–water partition coefficient (Wildman–Crippen LogP) is 1.94. The largest absolute Gasteiger partial charge is 0.335 e. The van der Waals surface area contributed by atoms with Crippen LogP contribution >= 0.6 is 0 Å². The average molecular weight is 426 g/mol. The van der Waals surface area contributed by atoms with Crippen LogP contribution in [0.3, 0.4) is 0 Å². The number of aromatic nitrogens is 3. The molecule has 2 aromatic carbocycles. The number of carbonyl (C=O) groups is 2. The zero-order valence-electron chi connectivity index (χ0n) is 16.7. The van der Waals surface area contributed by atoms with Gasteiger partial charge in [-0.1, -0.05) is 42.5 Å². The highest BCUT2D eigenvalue weighted by Gasteiger charge is 2.27. The van der Waals surface area contributed by atoms with Crippen molar-refractivity contribution in [3.63, 3.8) is 0 Å². The van der Waals surface area contributed by atoms with Crippen molar-refractivity contribution in [2.24, 2.45) is 5.10 Å². The summed E-state index contributed by atoms with van der Waals surface area (Å²) in [7, 11) is 0. The number of carbonyl (C=O) groups excluding carboxylic acids is 2. The first kappa shape index (κ1) is 20.6. The van der Waals surface area contributed by atoms with Gasteiger partial charge in [0.1, 0.15) is 5.69 Å². The standard InChI is InChI=1S/C23H18N6O3/c30-21(16-8-2-1-3-9-16)26-20(23(32)28-25-14-15-7-6-12-24-13-15)19-17-10-4-5-11-18(17)22(31)29-27-19/h1-14,20H,(H,26,30)(H,28,32)(H,29,31)/b25-14+/t20-/m0/s1. The Hall–Kier alpha value is -4.66. The Morgan fingerprint density at radius 2 is 1.72 bits per heavy atom. The van der Waals surface area contributed by atoms with Crippen LogP contribution in [0.1, 0.15) is 27.7 Å². The van der Waals surface area contributed by atoms with Crippen molar-refractivity contribution >= 4 is 28.8 Å². The van der Waals surface area contributed by atoms with Crippen molar-refractivity contribution in [1.29, 1.82) is 0 Å². The number of hydrogen-bond acceptors (Lipinski definition) is 6. The number of rotatable bonds is 6. The number of benzene rings is 2. The molecule has 0 fully saturated rings. The number of H-pyrrole nitrogens is 1. The highest BCUT2D eigenvalue weighted by molar-refractivity contribution is 5.99. The van der Waals surface area contributed by atoms with Gasteiger partial charge in [-0.15, -0.1) is 0 Å². The molecule has 9 heteroatoms. The van der Waals surface area contributed by atoms with E-state index in [4.69, 9.17) is 0 Å². The average Bonchev–Trinajstić information content (AvgIpc) is 2.84. The molecule has 0 saturated heterocycles. The van der Waals surface area contributed by atoms with Crippen LogP contribution in [-0.4, -0.2) is 33.2 Å². The topological polar surface area (TPSA) is 129 Å². The van der Waals surface area contributed by atoms with Crippen molar-refractivity contribution in [3.05, 3.63) is 106 Å². The second kappa shape index (κ2) is 9.43. The molecule has 0 aliphatic carbocycles. The quantitative estimate of drug-likeness (QED) is 0.321. The third-order valence-electron chi connectivity index (χ3n) is 4.65. The number of pyridine rings is 1. The van der Waals surface area contributed by atoms with Gasteiger partial charge in [0.15, 0.2) is 6.04 Å². The van der Waals surface area contributed by atoms with E-state index in [0.717, 1.165) is 0 Å². The number of fused-ring (bicyclic) bond motifs is 1. The summed E-state index contributed by atoms with van der Waals surface area (Å²) >= 11 is 0. The molecule has 0 spiro atoms. The maximum Gasteiger partial charge on any atom is 0.272 e. The smallest absolute Gasteiger partial charge is 0.272 e. The maximum absolute atomic E-state index is 13.0. The molecule has 4 rings (SSSR count). The van der Waals surface area contributed by atoms with Gasteiger partial charge in [0.25, 0.3) is 17.4 Å². The Morgan fingerprint density at radius 1 is 0.969 bits per heavy atom. The third-order valence-corrected chi connectivity index (χ3v) is 4.65.